The Kier molecular flexibility index (Phi) is 5.95. The molecule has 0 spiro atoms. The number of hydroxylamine groups is 1. The summed E-state index contributed by atoms with van der Waals surface area (Å²) in [6, 6.07) is -1.17. The molecule has 0 aromatic heterocycles. The minimum Gasteiger partial charge on any atom is -0.334 e. The molecule has 0 rings (SSSR count). The molecule has 0 aliphatic carbocycles. The summed E-state index contributed by atoms with van der Waals surface area (Å²) in [7, 11) is 0. The fraction of sp³-hybridized carbons (Fsp3) is 0.818. The van der Waals surface area contributed by atoms with Gasteiger partial charge in [-0.2, -0.15) is 0 Å². The van der Waals surface area contributed by atoms with E-state index in [1.54, 1.807) is 5.48 Å². The Labute approximate surface area is 102 Å². The molecule has 0 saturated carbocycles. The van der Waals surface area contributed by atoms with Gasteiger partial charge in [-0.05, 0) is 26.7 Å². The molecule has 0 aromatic rings. The molecule has 0 radical (unpaired) electrons. The van der Waals surface area contributed by atoms with Crippen LogP contribution in [0.15, 0.2) is 0 Å². The van der Waals surface area contributed by atoms with Crippen LogP contribution < -0.4 is 16.1 Å². The average Bonchev–Trinajstić information content (AvgIpc) is 2.21. The van der Waals surface area contributed by atoms with Crippen molar-refractivity contribution in [3.8, 4) is 0 Å². The van der Waals surface area contributed by atoms with E-state index in [1.165, 1.54) is 0 Å². The van der Waals surface area contributed by atoms with Gasteiger partial charge in [0, 0.05) is 5.54 Å². The van der Waals surface area contributed by atoms with Crippen LogP contribution >= 0.6 is 0 Å². The van der Waals surface area contributed by atoms with Crippen LogP contribution in [0.4, 0.5) is 4.79 Å². The van der Waals surface area contributed by atoms with Crippen molar-refractivity contribution >= 4 is 11.9 Å². The SMILES string of the molecule is CC[C@H](C)[C@H](NC(=O)NC(C)(C)C)C(=O)NO. The normalized spacial score (nSPS) is 14.7. The molecule has 0 heterocycles. The smallest absolute Gasteiger partial charge is 0.315 e. The zero-order valence-electron chi connectivity index (χ0n) is 11.1. The van der Waals surface area contributed by atoms with Gasteiger partial charge >= 0.3 is 6.03 Å². The maximum absolute atomic E-state index is 11.6. The molecular weight excluding hydrogens is 222 g/mol. The van der Waals surface area contributed by atoms with Gasteiger partial charge in [0.15, 0.2) is 0 Å². The van der Waals surface area contributed by atoms with E-state index in [-0.39, 0.29) is 11.5 Å². The Morgan fingerprint density at radius 2 is 1.82 bits per heavy atom. The van der Waals surface area contributed by atoms with Crippen molar-refractivity contribution in [2.24, 2.45) is 5.92 Å². The molecule has 6 nitrogen and oxygen atoms in total. The summed E-state index contributed by atoms with van der Waals surface area (Å²) in [6.07, 6.45) is 0.716. The monoisotopic (exact) mass is 245 g/mol. The number of amides is 3. The Bertz CT molecular complexity index is 274. The zero-order valence-corrected chi connectivity index (χ0v) is 11.1. The molecule has 0 bridgehead atoms. The van der Waals surface area contributed by atoms with Crippen LogP contribution in [0, 0.1) is 5.92 Å². The maximum atomic E-state index is 11.6. The molecule has 6 heteroatoms. The zero-order chi connectivity index (χ0) is 13.6. The van der Waals surface area contributed by atoms with E-state index in [1.807, 2.05) is 34.6 Å². The Morgan fingerprint density at radius 3 is 2.18 bits per heavy atom. The van der Waals surface area contributed by atoms with E-state index in [0.717, 1.165) is 0 Å². The van der Waals surface area contributed by atoms with Gasteiger partial charge in [-0.25, -0.2) is 10.3 Å². The van der Waals surface area contributed by atoms with Crippen molar-refractivity contribution in [2.75, 3.05) is 0 Å². The van der Waals surface area contributed by atoms with E-state index in [0.29, 0.717) is 6.42 Å². The quantitative estimate of drug-likeness (QED) is 0.440. The number of urea groups is 1. The van der Waals surface area contributed by atoms with Crippen molar-refractivity contribution in [1.29, 1.82) is 0 Å². The number of hydrogen-bond acceptors (Lipinski definition) is 3. The molecule has 0 unspecified atom stereocenters. The predicted octanol–water partition coefficient (Wildman–Crippen LogP) is 1.00. The third kappa shape index (κ3) is 6.11. The molecule has 100 valence electrons. The number of hydrogen-bond donors (Lipinski definition) is 4. The predicted molar refractivity (Wildman–Crippen MR) is 64.6 cm³/mol. The highest BCUT2D eigenvalue weighted by molar-refractivity contribution is 5.86. The molecule has 0 aliphatic rings. The average molecular weight is 245 g/mol. The first-order valence-corrected chi connectivity index (χ1v) is 5.74. The highest BCUT2D eigenvalue weighted by atomic mass is 16.5. The van der Waals surface area contributed by atoms with Crippen LogP contribution in [-0.2, 0) is 4.79 Å². The second kappa shape index (κ2) is 6.44. The van der Waals surface area contributed by atoms with Crippen molar-refractivity contribution in [1.82, 2.24) is 16.1 Å². The van der Waals surface area contributed by atoms with Gasteiger partial charge in [-0.15, -0.1) is 0 Å². The van der Waals surface area contributed by atoms with Crippen molar-refractivity contribution in [2.45, 2.75) is 52.6 Å². The fourth-order valence-corrected chi connectivity index (χ4v) is 1.29. The van der Waals surface area contributed by atoms with Gasteiger partial charge in [-0.3, -0.25) is 10.0 Å². The Hall–Kier alpha value is -1.30. The lowest BCUT2D eigenvalue weighted by Crippen LogP contribution is -2.55. The topological polar surface area (TPSA) is 90.5 Å². The molecule has 2 atom stereocenters. The Morgan fingerprint density at radius 1 is 1.29 bits per heavy atom. The first-order valence-electron chi connectivity index (χ1n) is 5.74. The highest BCUT2D eigenvalue weighted by Gasteiger charge is 2.26. The Balaban J connectivity index is 4.54. The van der Waals surface area contributed by atoms with E-state index < -0.39 is 18.0 Å². The summed E-state index contributed by atoms with van der Waals surface area (Å²) >= 11 is 0. The molecular formula is C11H23N3O3. The van der Waals surface area contributed by atoms with Gasteiger partial charge in [0.2, 0.25) is 0 Å². The largest absolute Gasteiger partial charge is 0.334 e. The van der Waals surface area contributed by atoms with Crippen LogP contribution in [0.2, 0.25) is 0 Å². The van der Waals surface area contributed by atoms with Crippen LogP contribution in [0.25, 0.3) is 0 Å². The van der Waals surface area contributed by atoms with Gasteiger partial charge in [0.1, 0.15) is 6.04 Å². The standard InChI is InChI=1S/C11H23N3O3/c1-6-7(2)8(9(15)14-17)12-10(16)13-11(3,4)5/h7-8,17H,6H2,1-5H3,(H,14,15)(H2,12,13,16)/t7-,8-/m0/s1. The van der Waals surface area contributed by atoms with Crippen LogP contribution in [0.5, 0.6) is 0 Å². The molecule has 0 fully saturated rings. The van der Waals surface area contributed by atoms with Crippen LogP contribution in [-0.4, -0.2) is 28.7 Å². The van der Waals surface area contributed by atoms with Gasteiger partial charge in [0.05, 0.1) is 0 Å². The molecule has 3 amide bonds. The molecule has 17 heavy (non-hydrogen) atoms. The second-order valence-corrected chi connectivity index (χ2v) is 5.19. The van der Waals surface area contributed by atoms with Crippen LogP contribution in [0.1, 0.15) is 41.0 Å². The first-order chi connectivity index (χ1) is 7.71. The molecule has 0 aliphatic heterocycles. The number of carbonyl (C=O) groups excluding carboxylic acids is 2. The van der Waals surface area contributed by atoms with Crippen molar-refractivity contribution in [3.05, 3.63) is 0 Å². The van der Waals surface area contributed by atoms with E-state index in [2.05, 4.69) is 10.6 Å². The van der Waals surface area contributed by atoms with Gasteiger partial charge in [-0.1, -0.05) is 20.3 Å². The molecule has 0 saturated heterocycles. The number of rotatable bonds is 4. The van der Waals surface area contributed by atoms with E-state index >= 15 is 0 Å². The van der Waals surface area contributed by atoms with E-state index in [4.69, 9.17) is 5.21 Å². The highest BCUT2D eigenvalue weighted by Crippen LogP contribution is 2.08. The lowest BCUT2D eigenvalue weighted by atomic mass is 9.99. The third-order valence-electron chi connectivity index (χ3n) is 2.38. The summed E-state index contributed by atoms with van der Waals surface area (Å²) in [5.41, 5.74) is 1.19. The third-order valence-corrected chi connectivity index (χ3v) is 2.38. The second-order valence-electron chi connectivity index (χ2n) is 5.19. The summed E-state index contributed by atoms with van der Waals surface area (Å²) < 4.78 is 0. The van der Waals surface area contributed by atoms with Crippen LogP contribution in [0.3, 0.4) is 0 Å². The van der Waals surface area contributed by atoms with Gasteiger partial charge < -0.3 is 10.6 Å². The number of carbonyl (C=O) groups is 2. The maximum Gasteiger partial charge on any atom is 0.315 e. The lowest BCUT2D eigenvalue weighted by Gasteiger charge is -2.26. The molecule has 0 aromatic carbocycles. The fourth-order valence-electron chi connectivity index (χ4n) is 1.29. The minimum atomic E-state index is -0.743. The van der Waals surface area contributed by atoms with Crippen molar-refractivity contribution < 1.29 is 14.8 Å². The number of nitrogens with one attached hydrogen (secondary N) is 3. The summed E-state index contributed by atoms with van der Waals surface area (Å²) in [6.45, 7) is 9.27. The minimum absolute atomic E-state index is 0.0622. The van der Waals surface area contributed by atoms with Crippen molar-refractivity contribution in [3.63, 3.8) is 0 Å². The van der Waals surface area contributed by atoms with Gasteiger partial charge in [0.25, 0.3) is 5.91 Å². The lowest BCUT2D eigenvalue weighted by molar-refractivity contribution is -0.132. The first kappa shape index (κ1) is 15.7. The summed E-state index contributed by atoms with van der Waals surface area (Å²) in [5.74, 6) is -0.670. The summed E-state index contributed by atoms with van der Waals surface area (Å²) in [5, 5.41) is 13.9. The molecule has 4 N–H and O–H groups in total. The summed E-state index contributed by atoms with van der Waals surface area (Å²) in [4.78, 5) is 23.0. The van der Waals surface area contributed by atoms with E-state index in [9.17, 15) is 9.59 Å².